The van der Waals surface area contributed by atoms with Crippen LogP contribution in [0.25, 0.3) is 11.4 Å². The highest BCUT2D eigenvalue weighted by Gasteiger charge is 2.20. The molecule has 0 saturated carbocycles. The Morgan fingerprint density at radius 2 is 2.08 bits per heavy atom. The first-order chi connectivity index (χ1) is 11.3. The van der Waals surface area contributed by atoms with Crippen LogP contribution in [-0.2, 0) is 17.2 Å². The van der Waals surface area contributed by atoms with Crippen LogP contribution >= 0.6 is 0 Å². The molecule has 2 rings (SSSR count). The Balaban J connectivity index is 2.19. The highest BCUT2D eigenvalue weighted by atomic mass is 16.5. The number of aromatic nitrogens is 4. The van der Waals surface area contributed by atoms with Gasteiger partial charge in [0.15, 0.2) is 0 Å². The summed E-state index contributed by atoms with van der Waals surface area (Å²) in [7, 11) is 1.86. The minimum atomic E-state index is -0.189. The van der Waals surface area contributed by atoms with Crippen LogP contribution in [0.5, 0.6) is 0 Å². The molecule has 0 aliphatic heterocycles. The van der Waals surface area contributed by atoms with Crippen LogP contribution in [-0.4, -0.2) is 39.5 Å². The molecule has 0 aliphatic carbocycles. The van der Waals surface area contributed by atoms with E-state index < -0.39 is 0 Å². The van der Waals surface area contributed by atoms with Gasteiger partial charge in [-0.3, -0.25) is 14.5 Å². The lowest BCUT2D eigenvalue weighted by Gasteiger charge is -2.13. The number of anilines is 1. The van der Waals surface area contributed by atoms with Gasteiger partial charge in [0.2, 0.25) is 5.95 Å². The summed E-state index contributed by atoms with van der Waals surface area (Å²) in [6, 6.07) is 3.48. The van der Waals surface area contributed by atoms with E-state index in [1.54, 1.807) is 4.68 Å². The molecule has 0 aromatic carbocycles. The Bertz CT molecular complexity index is 727. The molecule has 0 aliphatic rings. The molecule has 2 N–H and O–H groups in total. The van der Waals surface area contributed by atoms with Crippen molar-refractivity contribution in [2.75, 3.05) is 25.1 Å². The molecule has 0 bridgehead atoms. The molecule has 0 amide bonds. The Hall–Kier alpha value is -2.15. The minimum Gasteiger partial charge on any atom is -0.382 e. The van der Waals surface area contributed by atoms with Crippen molar-refractivity contribution in [3.63, 3.8) is 0 Å². The predicted octanol–water partition coefficient (Wildman–Crippen LogP) is 2.31. The van der Waals surface area contributed by atoms with E-state index in [4.69, 9.17) is 4.74 Å². The van der Waals surface area contributed by atoms with E-state index in [9.17, 15) is 4.79 Å². The Labute approximate surface area is 142 Å². The summed E-state index contributed by atoms with van der Waals surface area (Å²) in [5.74, 6) is 0.465. The number of nitrogens with zero attached hydrogens (tertiary/aromatic N) is 3. The lowest BCUT2D eigenvalue weighted by atomic mass is 9.92. The summed E-state index contributed by atoms with van der Waals surface area (Å²) in [5, 5.41) is 7.68. The normalized spacial score (nSPS) is 11.7. The molecule has 0 atom stereocenters. The third-order valence-corrected chi connectivity index (χ3v) is 3.61. The highest BCUT2D eigenvalue weighted by Crippen LogP contribution is 2.25. The zero-order chi connectivity index (χ0) is 17.7. The number of rotatable bonds is 7. The largest absolute Gasteiger partial charge is 0.382 e. The van der Waals surface area contributed by atoms with Gasteiger partial charge in [-0.2, -0.15) is 5.10 Å². The van der Waals surface area contributed by atoms with Gasteiger partial charge in [-0.05, 0) is 19.4 Å². The zero-order valence-electron chi connectivity index (χ0n) is 15.1. The van der Waals surface area contributed by atoms with Crippen LogP contribution in [0.2, 0.25) is 0 Å². The predicted molar refractivity (Wildman–Crippen MR) is 95.4 cm³/mol. The van der Waals surface area contributed by atoms with E-state index in [0.29, 0.717) is 31.4 Å². The third-order valence-electron chi connectivity index (χ3n) is 3.61. The van der Waals surface area contributed by atoms with E-state index in [1.807, 2.05) is 20.0 Å². The lowest BCUT2D eigenvalue weighted by molar-refractivity contribution is 0.147. The van der Waals surface area contributed by atoms with Crippen molar-refractivity contribution < 1.29 is 4.74 Å². The molecule has 2 aromatic heterocycles. The minimum absolute atomic E-state index is 0.0580. The number of ether oxygens (including phenoxy) is 1. The summed E-state index contributed by atoms with van der Waals surface area (Å²) in [4.78, 5) is 19.2. The van der Waals surface area contributed by atoms with Crippen molar-refractivity contribution in [2.24, 2.45) is 7.05 Å². The summed E-state index contributed by atoms with van der Waals surface area (Å²) < 4.78 is 7.06. The fraction of sp³-hybridized carbons (Fsp3) is 0.588. The second kappa shape index (κ2) is 7.61. The maximum Gasteiger partial charge on any atom is 0.252 e. The van der Waals surface area contributed by atoms with Crippen LogP contribution in [0.15, 0.2) is 16.9 Å². The SMILES string of the molecule is CCOCCCNc1nc(-c2cc(C(C)(C)C)nn2C)cc(=O)[nH]1. The monoisotopic (exact) mass is 333 g/mol. The molecule has 0 unspecified atom stereocenters. The molecule has 0 fully saturated rings. The van der Waals surface area contributed by atoms with Gasteiger partial charge in [-0.25, -0.2) is 4.98 Å². The van der Waals surface area contributed by atoms with Crippen molar-refractivity contribution in [1.82, 2.24) is 19.7 Å². The van der Waals surface area contributed by atoms with Crippen LogP contribution in [0, 0.1) is 0 Å². The van der Waals surface area contributed by atoms with Gasteiger partial charge in [0.1, 0.15) is 0 Å². The van der Waals surface area contributed by atoms with E-state index in [0.717, 1.165) is 17.8 Å². The van der Waals surface area contributed by atoms with Crippen molar-refractivity contribution in [3.05, 3.63) is 28.2 Å². The van der Waals surface area contributed by atoms with E-state index in [-0.39, 0.29) is 11.0 Å². The number of hydrogen-bond donors (Lipinski definition) is 2. The molecule has 7 heteroatoms. The topological polar surface area (TPSA) is 84.8 Å². The van der Waals surface area contributed by atoms with Gasteiger partial charge in [-0.15, -0.1) is 0 Å². The molecule has 2 heterocycles. The quantitative estimate of drug-likeness (QED) is 0.760. The van der Waals surface area contributed by atoms with Crippen molar-refractivity contribution >= 4 is 5.95 Å². The molecule has 132 valence electrons. The van der Waals surface area contributed by atoms with E-state index in [1.165, 1.54) is 6.07 Å². The lowest BCUT2D eigenvalue weighted by Crippen LogP contribution is -2.15. The van der Waals surface area contributed by atoms with Gasteiger partial charge < -0.3 is 10.1 Å². The zero-order valence-corrected chi connectivity index (χ0v) is 15.1. The Morgan fingerprint density at radius 3 is 2.71 bits per heavy atom. The number of H-pyrrole nitrogens is 1. The Kier molecular flexibility index (Phi) is 5.77. The van der Waals surface area contributed by atoms with Crippen molar-refractivity contribution in [1.29, 1.82) is 0 Å². The maximum absolute atomic E-state index is 11.9. The van der Waals surface area contributed by atoms with Gasteiger partial charge >= 0.3 is 0 Å². The second-order valence-corrected chi connectivity index (χ2v) is 6.74. The van der Waals surface area contributed by atoms with Gasteiger partial charge in [0.25, 0.3) is 5.56 Å². The first-order valence-corrected chi connectivity index (χ1v) is 8.29. The average molecular weight is 333 g/mol. The average Bonchev–Trinajstić information content (AvgIpc) is 2.89. The van der Waals surface area contributed by atoms with E-state index >= 15 is 0 Å². The second-order valence-electron chi connectivity index (χ2n) is 6.74. The van der Waals surface area contributed by atoms with Crippen molar-refractivity contribution in [2.45, 2.75) is 39.5 Å². The highest BCUT2D eigenvalue weighted by molar-refractivity contribution is 5.56. The summed E-state index contributed by atoms with van der Waals surface area (Å²) in [5.41, 5.74) is 2.15. The summed E-state index contributed by atoms with van der Waals surface area (Å²) >= 11 is 0. The first-order valence-electron chi connectivity index (χ1n) is 8.29. The standard InChI is InChI=1S/C17H27N5O2/c1-6-24-9-7-8-18-16-19-12(10-15(23)20-16)13-11-14(17(2,3)4)21-22(13)5/h10-11H,6-9H2,1-5H3,(H2,18,19,20,23). The molecule has 0 radical (unpaired) electrons. The number of aryl methyl sites for hydroxylation is 1. The van der Waals surface area contributed by atoms with Crippen LogP contribution in [0.1, 0.15) is 39.8 Å². The summed E-state index contributed by atoms with van der Waals surface area (Å²) in [6.07, 6.45) is 0.849. The van der Waals surface area contributed by atoms with Gasteiger partial charge in [-0.1, -0.05) is 20.8 Å². The van der Waals surface area contributed by atoms with Crippen LogP contribution in [0.3, 0.4) is 0 Å². The van der Waals surface area contributed by atoms with E-state index in [2.05, 4.69) is 41.2 Å². The smallest absolute Gasteiger partial charge is 0.252 e. The van der Waals surface area contributed by atoms with Crippen LogP contribution in [0.4, 0.5) is 5.95 Å². The fourth-order valence-corrected chi connectivity index (χ4v) is 2.27. The molecule has 0 spiro atoms. The molecular formula is C17H27N5O2. The molecular weight excluding hydrogens is 306 g/mol. The number of hydrogen-bond acceptors (Lipinski definition) is 5. The fourth-order valence-electron chi connectivity index (χ4n) is 2.27. The Morgan fingerprint density at radius 1 is 1.33 bits per heavy atom. The van der Waals surface area contributed by atoms with Gasteiger partial charge in [0.05, 0.1) is 17.1 Å². The van der Waals surface area contributed by atoms with Crippen LogP contribution < -0.4 is 10.9 Å². The molecule has 0 saturated heterocycles. The molecule has 2 aromatic rings. The third kappa shape index (κ3) is 4.67. The van der Waals surface area contributed by atoms with Crippen molar-refractivity contribution in [3.8, 4) is 11.4 Å². The molecule has 7 nitrogen and oxygen atoms in total. The number of nitrogens with one attached hydrogen (secondary N) is 2. The number of aromatic amines is 1. The first kappa shape index (κ1) is 18.2. The maximum atomic E-state index is 11.9. The molecule has 24 heavy (non-hydrogen) atoms. The van der Waals surface area contributed by atoms with Gasteiger partial charge in [0, 0.05) is 38.3 Å². The summed E-state index contributed by atoms with van der Waals surface area (Å²) in [6.45, 7) is 10.4.